The first-order valence-electron chi connectivity index (χ1n) is 7.18. The van der Waals surface area contributed by atoms with E-state index in [4.69, 9.17) is 9.47 Å². The molecule has 0 radical (unpaired) electrons. The second-order valence-corrected chi connectivity index (χ2v) is 8.99. The molecule has 0 aliphatic rings. The molecule has 0 saturated carbocycles. The third-order valence-corrected chi connectivity index (χ3v) is 6.08. The Balaban J connectivity index is 2.26. The topological polar surface area (TPSA) is 98.8 Å². The van der Waals surface area contributed by atoms with E-state index in [1.54, 1.807) is 18.2 Å². The van der Waals surface area contributed by atoms with E-state index in [1.807, 2.05) is 0 Å². The Labute approximate surface area is 147 Å². The first kappa shape index (κ1) is 19.2. The molecule has 0 atom stereocenters. The summed E-state index contributed by atoms with van der Waals surface area (Å²) in [5, 5.41) is 0. The van der Waals surface area contributed by atoms with Crippen molar-refractivity contribution in [2.24, 2.45) is 0 Å². The van der Waals surface area contributed by atoms with Crippen LogP contribution in [0.1, 0.15) is 5.56 Å². The van der Waals surface area contributed by atoms with Gasteiger partial charge in [0.05, 0.1) is 29.6 Å². The number of methoxy groups -OCH3 is 2. The monoisotopic (exact) mass is 385 g/mol. The van der Waals surface area contributed by atoms with Crippen molar-refractivity contribution in [3.05, 3.63) is 48.0 Å². The fourth-order valence-electron chi connectivity index (χ4n) is 2.22. The quantitative estimate of drug-likeness (QED) is 0.777. The molecule has 7 nitrogen and oxygen atoms in total. The van der Waals surface area contributed by atoms with Crippen LogP contribution in [0, 0.1) is 0 Å². The number of nitrogens with one attached hydrogen (secondary N) is 1. The average Bonchev–Trinajstić information content (AvgIpc) is 2.59. The van der Waals surface area contributed by atoms with Crippen molar-refractivity contribution in [3.63, 3.8) is 0 Å². The summed E-state index contributed by atoms with van der Waals surface area (Å²) < 4.78 is 60.7. The smallest absolute Gasteiger partial charge is 0.240 e. The van der Waals surface area contributed by atoms with Gasteiger partial charge in [-0.2, -0.15) is 0 Å². The first-order chi connectivity index (χ1) is 11.7. The molecule has 0 aromatic heterocycles. The maximum absolute atomic E-state index is 12.4. The van der Waals surface area contributed by atoms with Crippen molar-refractivity contribution in [2.75, 3.05) is 20.5 Å². The second kappa shape index (κ2) is 7.42. The molecule has 0 amide bonds. The number of hydrogen-bond acceptors (Lipinski definition) is 6. The Hall–Kier alpha value is -2.10. The molecule has 0 aliphatic carbocycles. The van der Waals surface area contributed by atoms with Crippen molar-refractivity contribution in [2.45, 2.75) is 16.3 Å². The van der Waals surface area contributed by atoms with Crippen LogP contribution < -0.4 is 14.2 Å². The van der Waals surface area contributed by atoms with E-state index in [0.717, 1.165) is 6.26 Å². The SMILES string of the molecule is COc1cccc(OC)c1CNS(=O)(=O)c1ccc(S(C)(=O)=O)cc1. The highest BCUT2D eigenvalue weighted by molar-refractivity contribution is 7.90. The van der Waals surface area contributed by atoms with Gasteiger partial charge in [-0.15, -0.1) is 0 Å². The lowest BCUT2D eigenvalue weighted by Crippen LogP contribution is -2.23. The van der Waals surface area contributed by atoms with Gasteiger partial charge in [0, 0.05) is 12.8 Å². The van der Waals surface area contributed by atoms with E-state index in [1.165, 1.54) is 38.5 Å². The zero-order chi connectivity index (χ0) is 18.7. The lowest BCUT2D eigenvalue weighted by Gasteiger charge is -2.14. The predicted octanol–water partition coefficient (Wildman–Crippen LogP) is 1.59. The summed E-state index contributed by atoms with van der Waals surface area (Å²) in [6.07, 6.45) is 1.06. The van der Waals surface area contributed by atoms with Crippen LogP contribution in [-0.4, -0.2) is 37.3 Å². The van der Waals surface area contributed by atoms with E-state index < -0.39 is 19.9 Å². The van der Waals surface area contributed by atoms with Gasteiger partial charge in [-0.3, -0.25) is 0 Å². The molecular weight excluding hydrogens is 366 g/mol. The minimum atomic E-state index is -3.83. The summed E-state index contributed by atoms with van der Waals surface area (Å²) in [4.78, 5) is 0.0200. The molecule has 0 bridgehead atoms. The molecule has 0 aliphatic heterocycles. The molecule has 2 aromatic carbocycles. The number of benzene rings is 2. The summed E-state index contributed by atoms with van der Waals surface area (Å²) in [6.45, 7) is -0.0383. The van der Waals surface area contributed by atoms with Gasteiger partial charge in [-0.1, -0.05) is 6.07 Å². The molecule has 0 fully saturated rings. The summed E-state index contributed by atoms with van der Waals surface area (Å²) in [6, 6.07) is 10.1. The summed E-state index contributed by atoms with van der Waals surface area (Å²) in [7, 11) is -4.25. The van der Waals surface area contributed by atoms with Crippen LogP contribution >= 0.6 is 0 Å². The molecule has 1 N–H and O–H groups in total. The van der Waals surface area contributed by atoms with E-state index in [2.05, 4.69) is 4.72 Å². The van der Waals surface area contributed by atoms with Crippen molar-refractivity contribution in [1.82, 2.24) is 4.72 Å². The Morgan fingerprint density at radius 3 is 1.76 bits per heavy atom. The molecule has 0 saturated heterocycles. The number of sulfonamides is 1. The predicted molar refractivity (Wildman–Crippen MR) is 93.1 cm³/mol. The van der Waals surface area contributed by atoms with Crippen LogP contribution in [0.5, 0.6) is 11.5 Å². The zero-order valence-electron chi connectivity index (χ0n) is 14.0. The number of ether oxygens (including phenoxy) is 2. The fraction of sp³-hybridized carbons (Fsp3) is 0.250. The lowest BCUT2D eigenvalue weighted by molar-refractivity contribution is 0.384. The normalized spacial score (nSPS) is 12.0. The zero-order valence-corrected chi connectivity index (χ0v) is 15.6. The Morgan fingerprint density at radius 1 is 0.840 bits per heavy atom. The third-order valence-electron chi connectivity index (χ3n) is 3.53. The van der Waals surface area contributed by atoms with Gasteiger partial charge in [0.15, 0.2) is 9.84 Å². The van der Waals surface area contributed by atoms with Crippen LogP contribution in [0.3, 0.4) is 0 Å². The van der Waals surface area contributed by atoms with Gasteiger partial charge < -0.3 is 9.47 Å². The molecule has 9 heteroatoms. The van der Waals surface area contributed by atoms with Crippen molar-refractivity contribution < 1.29 is 26.3 Å². The van der Waals surface area contributed by atoms with Gasteiger partial charge in [0.2, 0.25) is 10.0 Å². The highest BCUT2D eigenvalue weighted by Gasteiger charge is 2.18. The van der Waals surface area contributed by atoms with E-state index in [0.29, 0.717) is 17.1 Å². The average molecular weight is 385 g/mol. The van der Waals surface area contributed by atoms with Crippen molar-refractivity contribution in [1.29, 1.82) is 0 Å². The molecule has 2 aromatic rings. The molecular formula is C16H19NO6S2. The van der Waals surface area contributed by atoms with Crippen LogP contribution in [-0.2, 0) is 26.4 Å². The first-order valence-corrected chi connectivity index (χ1v) is 10.6. The van der Waals surface area contributed by atoms with E-state index in [-0.39, 0.29) is 16.3 Å². The van der Waals surface area contributed by atoms with Gasteiger partial charge in [0.25, 0.3) is 0 Å². The maximum atomic E-state index is 12.4. The molecule has 25 heavy (non-hydrogen) atoms. The molecule has 136 valence electrons. The highest BCUT2D eigenvalue weighted by atomic mass is 32.2. The Kier molecular flexibility index (Phi) is 5.71. The van der Waals surface area contributed by atoms with E-state index >= 15 is 0 Å². The fourth-order valence-corrected chi connectivity index (χ4v) is 3.84. The summed E-state index contributed by atoms with van der Waals surface area (Å²) in [5.74, 6) is 0.990. The molecule has 0 spiro atoms. The van der Waals surface area contributed by atoms with E-state index in [9.17, 15) is 16.8 Å². The standard InChI is InChI=1S/C16H19NO6S2/c1-22-15-5-4-6-16(23-2)14(15)11-17-25(20,21)13-9-7-12(8-10-13)24(3,18)19/h4-10,17H,11H2,1-3H3. The third kappa shape index (κ3) is 4.50. The number of sulfone groups is 1. The van der Waals surface area contributed by atoms with Crippen LogP contribution in [0.25, 0.3) is 0 Å². The van der Waals surface area contributed by atoms with Gasteiger partial charge >= 0.3 is 0 Å². The highest BCUT2D eigenvalue weighted by Crippen LogP contribution is 2.28. The minimum Gasteiger partial charge on any atom is -0.496 e. The Morgan fingerprint density at radius 2 is 1.32 bits per heavy atom. The molecule has 0 unspecified atom stereocenters. The number of hydrogen-bond donors (Lipinski definition) is 1. The summed E-state index contributed by atoms with van der Waals surface area (Å²) >= 11 is 0. The molecule has 0 heterocycles. The van der Waals surface area contributed by atoms with Crippen LogP contribution in [0.2, 0.25) is 0 Å². The minimum absolute atomic E-state index is 0.0336. The summed E-state index contributed by atoms with van der Waals surface area (Å²) in [5.41, 5.74) is 0.559. The largest absolute Gasteiger partial charge is 0.496 e. The molecule has 2 rings (SSSR count). The van der Waals surface area contributed by atoms with Crippen LogP contribution in [0.15, 0.2) is 52.3 Å². The van der Waals surface area contributed by atoms with Crippen LogP contribution in [0.4, 0.5) is 0 Å². The van der Waals surface area contributed by atoms with Gasteiger partial charge in [-0.05, 0) is 36.4 Å². The second-order valence-electron chi connectivity index (χ2n) is 5.21. The Bertz CT molecular complexity index is 928. The lowest BCUT2D eigenvalue weighted by atomic mass is 10.2. The van der Waals surface area contributed by atoms with Crippen molar-refractivity contribution in [3.8, 4) is 11.5 Å². The van der Waals surface area contributed by atoms with Crippen molar-refractivity contribution >= 4 is 19.9 Å². The maximum Gasteiger partial charge on any atom is 0.240 e. The number of rotatable bonds is 7. The van der Waals surface area contributed by atoms with Gasteiger partial charge in [0.1, 0.15) is 11.5 Å². The van der Waals surface area contributed by atoms with Gasteiger partial charge in [-0.25, -0.2) is 21.6 Å².